The standard InChI is InChI=1S/C20H21NO6/c1-9-15(12-5-4-8-26-12)21-17(10(2)16(9)22)20-7-6-11(27-20)13(19(24)25-3)14(20)18(21)23/h4-11,13-15,17H,1-3H3/t9?,10?,11-,13?,14?,15?,17?,20-/m0/s1. The fourth-order valence-corrected chi connectivity index (χ4v) is 5.77. The molecule has 1 aromatic rings. The van der Waals surface area contributed by atoms with Gasteiger partial charge in [0.1, 0.15) is 23.1 Å². The van der Waals surface area contributed by atoms with Crippen LogP contribution in [-0.4, -0.2) is 47.4 Å². The summed E-state index contributed by atoms with van der Waals surface area (Å²) in [6, 6.07) is 2.56. The van der Waals surface area contributed by atoms with E-state index in [1.54, 1.807) is 23.3 Å². The number of amides is 1. The van der Waals surface area contributed by atoms with Gasteiger partial charge in [-0.05, 0) is 12.1 Å². The average Bonchev–Trinajstić information content (AvgIpc) is 3.42. The van der Waals surface area contributed by atoms with E-state index in [1.165, 1.54) is 7.11 Å². The van der Waals surface area contributed by atoms with E-state index < -0.39 is 53.4 Å². The first-order chi connectivity index (χ1) is 12.9. The van der Waals surface area contributed by atoms with Crippen molar-refractivity contribution in [3.8, 4) is 0 Å². The minimum Gasteiger partial charge on any atom is -0.469 e. The molecule has 1 spiro atoms. The summed E-state index contributed by atoms with van der Waals surface area (Å²) in [4.78, 5) is 40.8. The van der Waals surface area contributed by atoms with Crippen molar-refractivity contribution in [3.63, 3.8) is 0 Å². The molecule has 0 N–H and O–H groups in total. The van der Waals surface area contributed by atoms with Crippen molar-refractivity contribution in [1.29, 1.82) is 0 Å². The molecule has 5 heterocycles. The van der Waals surface area contributed by atoms with Gasteiger partial charge < -0.3 is 18.8 Å². The van der Waals surface area contributed by atoms with Crippen molar-refractivity contribution in [1.82, 2.24) is 4.90 Å². The maximum atomic E-state index is 13.6. The molecule has 6 unspecified atom stereocenters. The number of hydrogen-bond donors (Lipinski definition) is 0. The predicted molar refractivity (Wildman–Crippen MR) is 91.2 cm³/mol. The first-order valence-electron chi connectivity index (χ1n) is 9.26. The highest BCUT2D eigenvalue weighted by atomic mass is 16.5. The van der Waals surface area contributed by atoms with Crippen LogP contribution in [0.1, 0.15) is 25.6 Å². The molecule has 7 heteroatoms. The monoisotopic (exact) mass is 371 g/mol. The Morgan fingerprint density at radius 1 is 1.26 bits per heavy atom. The average molecular weight is 371 g/mol. The molecule has 4 aliphatic rings. The van der Waals surface area contributed by atoms with Crippen molar-refractivity contribution >= 4 is 17.7 Å². The number of rotatable bonds is 2. The number of furan rings is 1. The van der Waals surface area contributed by atoms with Gasteiger partial charge in [0.05, 0.1) is 37.5 Å². The molecule has 0 radical (unpaired) electrons. The van der Waals surface area contributed by atoms with Gasteiger partial charge >= 0.3 is 5.97 Å². The molecular weight excluding hydrogens is 350 g/mol. The van der Waals surface area contributed by atoms with E-state index in [0.29, 0.717) is 5.76 Å². The second kappa shape index (κ2) is 5.32. The summed E-state index contributed by atoms with van der Waals surface area (Å²) in [7, 11) is 1.32. The Morgan fingerprint density at radius 3 is 2.70 bits per heavy atom. The number of nitrogens with zero attached hydrogens (tertiary/aromatic N) is 1. The lowest BCUT2D eigenvalue weighted by atomic mass is 9.69. The zero-order chi connectivity index (χ0) is 19.1. The van der Waals surface area contributed by atoms with E-state index in [0.717, 1.165) is 0 Å². The zero-order valence-electron chi connectivity index (χ0n) is 15.3. The fraction of sp³-hybridized carbons (Fsp3) is 0.550. The maximum absolute atomic E-state index is 13.6. The van der Waals surface area contributed by atoms with Crippen LogP contribution in [0, 0.1) is 23.7 Å². The van der Waals surface area contributed by atoms with Crippen LogP contribution in [0.25, 0.3) is 0 Å². The van der Waals surface area contributed by atoms with Crippen LogP contribution in [0.3, 0.4) is 0 Å². The Morgan fingerprint density at radius 2 is 2.04 bits per heavy atom. The molecule has 2 bridgehead atoms. The van der Waals surface area contributed by atoms with Gasteiger partial charge in [-0.3, -0.25) is 14.4 Å². The summed E-state index contributed by atoms with van der Waals surface area (Å²) in [6.45, 7) is 3.67. The Bertz CT molecular complexity index is 860. The minimum absolute atomic E-state index is 0.0717. The lowest BCUT2D eigenvalue weighted by Crippen LogP contribution is -2.58. The van der Waals surface area contributed by atoms with E-state index in [-0.39, 0.29) is 11.7 Å². The van der Waals surface area contributed by atoms with Crippen LogP contribution in [0.4, 0.5) is 0 Å². The summed E-state index contributed by atoms with van der Waals surface area (Å²) < 4.78 is 16.8. The number of hydrogen-bond acceptors (Lipinski definition) is 6. The molecular formula is C20H21NO6. The summed E-state index contributed by atoms with van der Waals surface area (Å²) in [5.41, 5.74) is -0.972. The predicted octanol–water partition coefficient (Wildman–Crippen LogP) is 1.50. The van der Waals surface area contributed by atoms with Gasteiger partial charge in [-0.25, -0.2) is 0 Å². The summed E-state index contributed by atoms with van der Waals surface area (Å²) >= 11 is 0. The SMILES string of the molecule is COC(=O)C1C2C(=O)N3C(c4ccco4)C(C)C(=O)C(C)C3[C@]23C=C[C@@H]1O3. The first kappa shape index (κ1) is 16.7. The number of Topliss-reactive ketones (excluding diaryl/α,β-unsaturated/α-hetero) is 1. The van der Waals surface area contributed by atoms with E-state index >= 15 is 0 Å². The van der Waals surface area contributed by atoms with Crippen molar-refractivity contribution < 1.29 is 28.3 Å². The zero-order valence-corrected chi connectivity index (χ0v) is 15.3. The highest BCUT2D eigenvalue weighted by Crippen LogP contribution is 2.60. The third kappa shape index (κ3) is 1.83. The topological polar surface area (TPSA) is 86.1 Å². The van der Waals surface area contributed by atoms with Crippen molar-refractivity contribution in [2.24, 2.45) is 23.7 Å². The highest BCUT2D eigenvalue weighted by molar-refractivity contribution is 5.96. The summed E-state index contributed by atoms with van der Waals surface area (Å²) in [5, 5.41) is 0. The smallest absolute Gasteiger partial charge is 0.312 e. The Labute approximate surface area is 156 Å². The number of esters is 1. The number of carbonyl (C=O) groups excluding carboxylic acids is 3. The van der Waals surface area contributed by atoms with Crippen LogP contribution in [0.15, 0.2) is 35.0 Å². The van der Waals surface area contributed by atoms with E-state index in [2.05, 4.69) is 0 Å². The van der Waals surface area contributed by atoms with Gasteiger partial charge in [0.25, 0.3) is 0 Å². The second-order valence-electron chi connectivity index (χ2n) is 7.95. The number of ether oxygens (including phenoxy) is 2. The van der Waals surface area contributed by atoms with Crippen LogP contribution >= 0.6 is 0 Å². The third-order valence-electron chi connectivity index (χ3n) is 6.82. The number of ketones is 1. The van der Waals surface area contributed by atoms with E-state index in [4.69, 9.17) is 13.9 Å². The number of methoxy groups -OCH3 is 1. The van der Waals surface area contributed by atoms with Crippen LogP contribution < -0.4 is 0 Å². The molecule has 0 saturated carbocycles. The van der Waals surface area contributed by atoms with Crippen molar-refractivity contribution in [3.05, 3.63) is 36.3 Å². The molecule has 1 amide bonds. The molecule has 142 valence electrons. The quantitative estimate of drug-likeness (QED) is 0.578. The van der Waals surface area contributed by atoms with Gasteiger partial charge in [-0.15, -0.1) is 0 Å². The molecule has 0 aliphatic carbocycles. The number of carbonyl (C=O) groups is 3. The van der Waals surface area contributed by atoms with Crippen LogP contribution in [-0.2, 0) is 23.9 Å². The highest BCUT2D eigenvalue weighted by Gasteiger charge is 2.75. The third-order valence-corrected chi connectivity index (χ3v) is 6.82. The molecule has 0 aromatic carbocycles. The Balaban J connectivity index is 1.67. The normalized spacial score (nSPS) is 44.6. The van der Waals surface area contributed by atoms with E-state index in [1.807, 2.05) is 26.0 Å². The van der Waals surface area contributed by atoms with Crippen molar-refractivity contribution in [2.45, 2.75) is 37.6 Å². The molecule has 1 aromatic heterocycles. The second-order valence-corrected chi connectivity index (χ2v) is 7.95. The largest absolute Gasteiger partial charge is 0.469 e. The molecule has 27 heavy (non-hydrogen) atoms. The lowest BCUT2D eigenvalue weighted by Gasteiger charge is -2.46. The van der Waals surface area contributed by atoms with Gasteiger partial charge in [0.2, 0.25) is 5.91 Å². The molecule has 4 aliphatic heterocycles. The first-order valence-corrected chi connectivity index (χ1v) is 9.26. The molecule has 5 rings (SSSR count). The fourth-order valence-electron chi connectivity index (χ4n) is 5.77. The van der Waals surface area contributed by atoms with Crippen LogP contribution in [0.2, 0.25) is 0 Å². The Hall–Kier alpha value is -2.41. The van der Waals surface area contributed by atoms with Gasteiger partial charge in [-0.2, -0.15) is 0 Å². The minimum atomic E-state index is -0.972. The molecule has 7 nitrogen and oxygen atoms in total. The molecule has 3 saturated heterocycles. The summed E-state index contributed by atoms with van der Waals surface area (Å²) in [6.07, 6.45) is 4.76. The number of piperidine rings is 1. The maximum Gasteiger partial charge on any atom is 0.312 e. The number of fused-ring (bicyclic) bond motifs is 2. The van der Waals surface area contributed by atoms with Gasteiger partial charge in [0, 0.05) is 11.8 Å². The summed E-state index contributed by atoms with van der Waals surface area (Å²) in [5.74, 6) is -2.15. The van der Waals surface area contributed by atoms with Gasteiger partial charge in [-0.1, -0.05) is 26.0 Å². The van der Waals surface area contributed by atoms with Gasteiger partial charge in [0.15, 0.2) is 0 Å². The lowest BCUT2D eigenvalue weighted by molar-refractivity contribution is -0.157. The Kier molecular flexibility index (Phi) is 3.30. The molecule has 3 fully saturated rings. The van der Waals surface area contributed by atoms with E-state index in [9.17, 15) is 14.4 Å². The van der Waals surface area contributed by atoms with Crippen molar-refractivity contribution in [2.75, 3.05) is 7.11 Å². The molecule has 8 atom stereocenters. The van der Waals surface area contributed by atoms with Crippen LogP contribution in [0.5, 0.6) is 0 Å².